The van der Waals surface area contributed by atoms with E-state index >= 15 is 0 Å². The Kier molecular flexibility index (Phi) is 2.05. The third-order valence-corrected chi connectivity index (χ3v) is 5.80. The van der Waals surface area contributed by atoms with Crippen molar-refractivity contribution in [3.63, 3.8) is 0 Å². The maximum Gasteiger partial charge on any atom is 0.271 e. The Morgan fingerprint density at radius 1 is 1.39 bits per heavy atom. The van der Waals surface area contributed by atoms with E-state index in [1.807, 2.05) is 13.8 Å². The van der Waals surface area contributed by atoms with Gasteiger partial charge < -0.3 is 0 Å². The molecule has 2 aliphatic carbocycles. The Hall–Kier alpha value is -1.16. The second-order valence-corrected chi connectivity index (χ2v) is 6.87. The largest absolute Gasteiger partial charge is 0.295 e. The van der Waals surface area contributed by atoms with Gasteiger partial charge in [-0.1, -0.05) is 0 Å². The molecule has 4 heteroatoms. The van der Waals surface area contributed by atoms with Crippen LogP contribution in [0.25, 0.3) is 10.2 Å². The Labute approximate surface area is 109 Å². The number of fused-ring (bicyclic) bond motifs is 7. The molecule has 0 amide bonds. The molecule has 2 aliphatic rings. The van der Waals surface area contributed by atoms with Crippen LogP contribution in [0, 0.1) is 0 Å². The molecule has 2 aromatic heterocycles. The lowest BCUT2D eigenvalue weighted by Crippen LogP contribution is -2.21. The van der Waals surface area contributed by atoms with Crippen LogP contribution in [0.15, 0.2) is 11.1 Å². The Bertz CT molecular complexity index is 698. The molecule has 3 nitrogen and oxygen atoms in total. The first-order valence-electron chi connectivity index (χ1n) is 6.70. The summed E-state index contributed by atoms with van der Waals surface area (Å²) in [6, 6.07) is 0.183. The van der Waals surface area contributed by atoms with Gasteiger partial charge in [-0.25, -0.2) is 4.98 Å². The lowest BCUT2D eigenvalue weighted by atomic mass is 9.98. The van der Waals surface area contributed by atoms with Crippen LogP contribution in [-0.2, 0) is 0 Å². The summed E-state index contributed by atoms with van der Waals surface area (Å²) in [6.45, 7) is 4.06. The van der Waals surface area contributed by atoms with Gasteiger partial charge in [0.25, 0.3) is 5.56 Å². The minimum atomic E-state index is 0.147. The van der Waals surface area contributed by atoms with E-state index in [1.54, 1.807) is 22.2 Å². The Balaban J connectivity index is 2.05. The molecule has 2 atom stereocenters. The van der Waals surface area contributed by atoms with Gasteiger partial charge in [0.05, 0.1) is 11.8 Å². The minimum absolute atomic E-state index is 0.147. The number of nitrogens with zero attached hydrogens (tertiary/aromatic N) is 2. The summed E-state index contributed by atoms with van der Waals surface area (Å²) in [6.07, 6.45) is 5.63. The highest BCUT2D eigenvalue weighted by atomic mass is 32.1. The summed E-state index contributed by atoms with van der Waals surface area (Å²) in [5.74, 6) is 1.40. The van der Waals surface area contributed by atoms with Crippen molar-refractivity contribution in [3.8, 4) is 0 Å². The smallest absolute Gasteiger partial charge is 0.271 e. The average molecular weight is 260 g/mol. The van der Waals surface area contributed by atoms with E-state index in [0.29, 0.717) is 5.92 Å². The summed E-state index contributed by atoms with van der Waals surface area (Å²) < 4.78 is 2.63. The lowest BCUT2D eigenvalue weighted by molar-refractivity contribution is 0.573. The van der Waals surface area contributed by atoms with Crippen LogP contribution in [0.5, 0.6) is 0 Å². The molecule has 0 aromatic carbocycles. The van der Waals surface area contributed by atoms with Gasteiger partial charge in [-0.2, -0.15) is 0 Å². The van der Waals surface area contributed by atoms with Crippen molar-refractivity contribution in [1.82, 2.24) is 9.55 Å². The molecule has 1 saturated carbocycles. The van der Waals surface area contributed by atoms with Crippen LogP contribution < -0.4 is 5.56 Å². The van der Waals surface area contributed by atoms with Crippen molar-refractivity contribution in [2.75, 3.05) is 0 Å². The molecule has 0 N–H and O–H groups in total. The SMILES string of the molecule is CC(C)n1cnc2c3c(sc2c1=O)C1CCC3C1. The predicted octanol–water partition coefficient (Wildman–Crippen LogP) is 3.40. The molecular weight excluding hydrogens is 244 g/mol. The highest BCUT2D eigenvalue weighted by molar-refractivity contribution is 7.19. The van der Waals surface area contributed by atoms with Crippen molar-refractivity contribution in [3.05, 3.63) is 27.1 Å². The Morgan fingerprint density at radius 2 is 2.17 bits per heavy atom. The fourth-order valence-corrected chi connectivity index (χ4v) is 4.99. The summed E-state index contributed by atoms with van der Waals surface area (Å²) in [4.78, 5) is 18.5. The molecule has 2 unspecified atom stereocenters. The lowest BCUT2D eigenvalue weighted by Gasteiger charge is -2.10. The van der Waals surface area contributed by atoms with Crippen molar-refractivity contribution in [2.45, 2.75) is 51.0 Å². The van der Waals surface area contributed by atoms with Gasteiger partial charge in [-0.3, -0.25) is 9.36 Å². The van der Waals surface area contributed by atoms with Crippen molar-refractivity contribution >= 4 is 21.6 Å². The maximum absolute atomic E-state index is 12.4. The molecule has 2 heterocycles. The average Bonchev–Trinajstić information content (AvgIpc) is 2.99. The second kappa shape index (κ2) is 3.44. The normalized spacial score (nSPS) is 25.3. The van der Waals surface area contributed by atoms with Gasteiger partial charge in [0.2, 0.25) is 0 Å². The van der Waals surface area contributed by atoms with Crippen LogP contribution in [0.4, 0.5) is 0 Å². The summed E-state index contributed by atoms with van der Waals surface area (Å²) >= 11 is 1.71. The molecule has 1 fully saturated rings. The zero-order valence-electron chi connectivity index (χ0n) is 10.6. The summed E-state index contributed by atoms with van der Waals surface area (Å²) in [7, 11) is 0. The van der Waals surface area contributed by atoms with E-state index in [2.05, 4.69) is 4.98 Å². The standard InChI is InChI=1S/C14H16N2OS/c1-7(2)16-6-15-11-10-8-3-4-9(5-8)12(10)18-13(11)14(16)17/h6-9H,3-5H2,1-2H3. The molecule has 2 aromatic rings. The molecular formula is C14H16N2OS. The van der Waals surface area contributed by atoms with E-state index in [0.717, 1.165) is 16.1 Å². The Morgan fingerprint density at radius 3 is 2.94 bits per heavy atom. The molecule has 0 saturated heterocycles. The summed E-state index contributed by atoms with van der Waals surface area (Å²) in [5.41, 5.74) is 2.57. The number of hydrogen-bond acceptors (Lipinski definition) is 3. The van der Waals surface area contributed by atoms with Gasteiger partial charge >= 0.3 is 0 Å². The third kappa shape index (κ3) is 1.19. The quantitative estimate of drug-likeness (QED) is 0.787. The third-order valence-electron chi connectivity index (χ3n) is 4.46. The van der Waals surface area contributed by atoms with Gasteiger partial charge in [-0.05, 0) is 50.5 Å². The van der Waals surface area contributed by atoms with Gasteiger partial charge in [0, 0.05) is 10.9 Å². The van der Waals surface area contributed by atoms with Crippen molar-refractivity contribution in [2.24, 2.45) is 0 Å². The second-order valence-electron chi connectivity index (χ2n) is 5.82. The maximum atomic E-state index is 12.4. The van der Waals surface area contributed by atoms with E-state index in [1.165, 1.54) is 29.7 Å². The topological polar surface area (TPSA) is 34.9 Å². The highest BCUT2D eigenvalue weighted by Gasteiger charge is 2.40. The molecule has 0 radical (unpaired) electrons. The fraction of sp³-hybridized carbons (Fsp3) is 0.571. The predicted molar refractivity (Wildman–Crippen MR) is 73.6 cm³/mol. The van der Waals surface area contributed by atoms with Crippen molar-refractivity contribution < 1.29 is 0 Å². The first-order chi connectivity index (χ1) is 8.66. The molecule has 0 spiro atoms. The first kappa shape index (κ1) is 10.7. The molecule has 2 bridgehead atoms. The molecule has 4 rings (SSSR count). The van der Waals surface area contributed by atoms with E-state index in [-0.39, 0.29) is 11.6 Å². The molecule has 94 valence electrons. The van der Waals surface area contributed by atoms with Crippen LogP contribution >= 0.6 is 11.3 Å². The highest BCUT2D eigenvalue weighted by Crippen LogP contribution is 2.57. The monoisotopic (exact) mass is 260 g/mol. The van der Waals surface area contributed by atoms with Crippen molar-refractivity contribution in [1.29, 1.82) is 0 Å². The van der Waals surface area contributed by atoms with Crippen LogP contribution in [0.3, 0.4) is 0 Å². The van der Waals surface area contributed by atoms with Gasteiger partial charge in [0.15, 0.2) is 0 Å². The van der Waals surface area contributed by atoms with Crippen LogP contribution in [0.1, 0.15) is 61.4 Å². The molecule has 0 aliphatic heterocycles. The van der Waals surface area contributed by atoms with E-state index in [9.17, 15) is 4.79 Å². The van der Waals surface area contributed by atoms with E-state index in [4.69, 9.17) is 0 Å². The first-order valence-corrected chi connectivity index (χ1v) is 7.52. The zero-order valence-corrected chi connectivity index (χ0v) is 11.5. The summed E-state index contributed by atoms with van der Waals surface area (Å²) in [5, 5.41) is 0. The number of hydrogen-bond donors (Lipinski definition) is 0. The number of aromatic nitrogens is 2. The number of thiophene rings is 1. The van der Waals surface area contributed by atoms with Crippen LogP contribution in [0.2, 0.25) is 0 Å². The van der Waals surface area contributed by atoms with E-state index < -0.39 is 0 Å². The minimum Gasteiger partial charge on any atom is -0.295 e. The zero-order chi connectivity index (χ0) is 12.4. The van der Waals surface area contributed by atoms with Gasteiger partial charge in [-0.15, -0.1) is 11.3 Å². The number of rotatable bonds is 1. The fourth-order valence-electron chi connectivity index (χ4n) is 3.56. The van der Waals surface area contributed by atoms with Gasteiger partial charge in [0.1, 0.15) is 4.70 Å². The molecule has 18 heavy (non-hydrogen) atoms. The van der Waals surface area contributed by atoms with Crippen LogP contribution in [-0.4, -0.2) is 9.55 Å².